The quantitative estimate of drug-likeness (QED) is 0.425. The highest BCUT2D eigenvalue weighted by Gasteiger charge is 2.39. The highest BCUT2D eigenvalue weighted by Crippen LogP contribution is 2.37. The molecule has 0 saturated carbocycles. The van der Waals surface area contributed by atoms with Gasteiger partial charge in [-0.05, 0) is 32.1 Å². The summed E-state index contributed by atoms with van der Waals surface area (Å²) in [5.74, 6) is 1.44. The first-order chi connectivity index (χ1) is 14.1. The van der Waals surface area contributed by atoms with Gasteiger partial charge in [-0.1, -0.05) is 76.5 Å². The topological polar surface area (TPSA) is 85.3 Å². The van der Waals surface area contributed by atoms with Crippen molar-refractivity contribution in [1.82, 2.24) is 24.7 Å². The molecular weight excluding hydrogens is 384 g/mol. The predicted octanol–water partition coefficient (Wildman–Crippen LogP) is 5.65. The lowest BCUT2D eigenvalue weighted by atomic mass is 10.1. The number of aryl methyl sites for hydroxylation is 2. The van der Waals surface area contributed by atoms with E-state index < -0.39 is 5.12 Å². The van der Waals surface area contributed by atoms with Crippen LogP contribution in [0.1, 0.15) is 82.5 Å². The molecule has 1 unspecified atom stereocenters. The molecule has 0 saturated heterocycles. The summed E-state index contributed by atoms with van der Waals surface area (Å²) < 4.78 is 3.63. The zero-order chi connectivity index (χ0) is 20.5. The smallest absolute Gasteiger partial charge is 0.265 e. The van der Waals surface area contributed by atoms with E-state index in [0.29, 0.717) is 5.95 Å². The van der Waals surface area contributed by atoms with Gasteiger partial charge in [0.05, 0.1) is 5.69 Å². The normalized spacial score (nSPS) is 18.0. The molecule has 0 aromatic carbocycles. The van der Waals surface area contributed by atoms with Crippen LogP contribution in [0.4, 0.5) is 5.95 Å². The number of hydrogen-bond donors (Lipinski definition) is 1. The van der Waals surface area contributed by atoms with E-state index in [1.165, 1.54) is 57.8 Å². The van der Waals surface area contributed by atoms with Gasteiger partial charge in [0.25, 0.3) is 5.95 Å². The Bertz CT molecular complexity index is 783. The van der Waals surface area contributed by atoms with Crippen molar-refractivity contribution in [2.45, 2.75) is 90.1 Å². The molecule has 0 aliphatic carbocycles. The van der Waals surface area contributed by atoms with Crippen LogP contribution in [0.25, 0.3) is 0 Å². The largest absolute Gasteiger partial charge is 0.309 e. The molecule has 0 amide bonds. The van der Waals surface area contributed by atoms with Gasteiger partial charge >= 0.3 is 5.12 Å². The molecule has 0 radical (unpaired) electrons. The van der Waals surface area contributed by atoms with Crippen molar-refractivity contribution in [2.75, 3.05) is 11.2 Å². The summed E-state index contributed by atoms with van der Waals surface area (Å²) in [5.41, 5.74) is 5.40. The van der Waals surface area contributed by atoms with Crippen molar-refractivity contribution in [3.63, 3.8) is 0 Å². The van der Waals surface area contributed by atoms with Crippen LogP contribution in [-0.2, 0) is 5.12 Å². The number of thioether (sulfide) groups is 1. The van der Waals surface area contributed by atoms with E-state index in [4.69, 9.17) is 0 Å². The molecule has 0 spiro atoms. The second kappa shape index (κ2) is 10.8. The first-order valence-electron chi connectivity index (χ1n) is 10.9. The fraction of sp³-hybridized carbons (Fsp3) is 0.750. The van der Waals surface area contributed by atoms with E-state index >= 15 is 0 Å². The minimum Gasteiger partial charge on any atom is -0.265 e. The number of azo groups is 1. The van der Waals surface area contributed by atoms with Crippen molar-refractivity contribution < 1.29 is 0 Å². The van der Waals surface area contributed by atoms with E-state index in [1.807, 2.05) is 18.5 Å². The van der Waals surface area contributed by atoms with Crippen molar-refractivity contribution in [3.8, 4) is 0 Å². The number of nitrogens with zero attached hydrogens (tertiary/aromatic N) is 7. The maximum Gasteiger partial charge on any atom is 0.309 e. The molecular formula is C20H34N8S. The zero-order valence-corrected chi connectivity index (χ0v) is 18.8. The Morgan fingerprint density at radius 1 is 1.00 bits per heavy atom. The van der Waals surface area contributed by atoms with Crippen molar-refractivity contribution in [2.24, 2.45) is 10.2 Å². The highest BCUT2D eigenvalue weighted by molar-refractivity contribution is 8.00. The molecule has 1 aliphatic rings. The second-order valence-electron chi connectivity index (χ2n) is 7.79. The van der Waals surface area contributed by atoms with Crippen LogP contribution in [0.15, 0.2) is 22.6 Å². The Morgan fingerprint density at radius 3 is 2.34 bits per heavy atom. The summed E-state index contributed by atoms with van der Waals surface area (Å²) in [4.78, 5) is 0. The molecule has 1 aliphatic heterocycles. The van der Waals surface area contributed by atoms with Gasteiger partial charge in [-0.2, -0.15) is 5.10 Å². The number of fused-ring (bicyclic) bond motifs is 1. The van der Waals surface area contributed by atoms with E-state index in [-0.39, 0.29) is 0 Å². The molecule has 2 aromatic heterocycles. The van der Waals surface area contributed by atoms with Gasteiger partial charge in [0.15, 0.2) is 0 Å². The first-order valence-corrected chi connectivity index (χ1v) is 11.9. The van der Waals surface area contributed by atoms with E-state index in [2.05, 4.69) is 43.9 Å². The lowest BCUT2D eigenvalue weighted by Gasteiger charge is -2.33. The van der Waals surface area contributed by atoms with Crippen molar-refractivity contribution in [3.05, 3.63) is 23.8 Å². The minimum absolute atomic E-state index is 0.460. The summed E-state index contributed by atoms with van der Waals surface area (Å²) >= 11 is 1.72. The van der Waals surface area contributed by atoms with E-state index in [0.717, 1.165) is 23.6 Å². The molecule has 3 heterocycles. The number of rotatable bonds is 13. The highest BCUT2D eigenvalue weighted by atomic mass is 32.2. The average Bonchev–Trinajstić information content (AvgIpc) is 3.31. The molecule has 2 aromatic rings. The molecule has 0 bridgehead atoms. The number of unbranched alkanes of at least 4 members (excludes halogenated alkanes) is 9. The molecule has 29 heavy (non-hydrogen) atoms. The van der Waals surface area contributed by atoms with E-state index in [9.17, 15) is 0 Å². The van der Waals surface area contributed by atoms with Gasteiger partial charge in [-0.25, -0.2) is 9.36 Å². The fourth-order valence-corrected chi connectivity index (χ4v) is 4.82. The van der Waals surface area contributed by atoms with Crippen LogP contribution in [0.5, 0.6) is 0 Å². The van der Waals surface area contributed by atoms with Crippen LogP contribution in [-0.4, -0.2) is 30.4 Å². The monoisotopic (exact) mass is 418 g/mol. The second-order valence-corrected chi connectivity index (χ2v) is 9.06. The molecule has 3 rings (SSSR count). The molecule has 8 nitrogen and oxygen atoms in total. The standard InChI is InChI=1S/C20H34N8S/c1-4-5-6-7-8-9-10-11-12-13-14-29-20(28-18(3)15-17(2)24-28)25-23-19-22-21-16-27(19)26-20/h15-16,26H,4-14H2,1-3H3. The van der Waals surface area contributed by atoms with Crippen molar-refractivity contribution in [1.29, 1.82) is 0 Å². The minimum atomic E-state index is -0.799. The van der Waals surface area contributed by atoms with Gasteiger partial charge in [0.1, 0.15) is 6.33 Å². The summed E-state index contributed by atoms with van der Waals surface area (Å²) in [5, 5.41) is 20.6. The first kappa shape index (κ1) is 21.8. The van der Waals surface area contributed by atoms with E-state index in [1.54, 1.807) is 22.8 Å². The fourth-order valence-electron chi connectivity index (χ4n) is 3.62. The maximum atomic E-state index is 4.66. The summed E-state index contributed by atoms with van der Waals surface area (Å²) in [7, 11) is 0. The van der Waals surface area contributed by atoms with Crippen molar-refractivity contribution >= 4 is 17.7 Å². The third-order valence-corrected chi connectivity index (χ3v) is 6.41. The van der Waals surface area contributed by atoms with Crippen LogP contribution >= 0.6 is 11.8 Å². The Labute approximate surface area is 177 Å². The summed E-state index contributed by atoms with van der Waals surface area (Å²) in [6, 6.07) is 2.06. The number of nitrogens with one attached hydrogen (secondary N) is 1. The predicted molar refractivity (Wildman–Crippen MR) is 118 cm³/mol. The Morgan fingerprint density at radius 2 is 1.69 bits per heavy atom. The zero-order valence-electron chi connectivity index (χ0n) is 18.0. The Hall–Kier alpha value is -1.90. The van der Waals surface area contributed by atoms with Crippen LogP contribution in [0.2, 0.25) is 0 Å². The van der Waals surface area contributed by atoms with Gasteiger partial charge in [-0.3, -0.25) is 5.43 Å². The lowest BCUT2D eigenvalue weighted by molar-refractivity contribution is 0.388. The van der Waals surface area contributed by atoms with Gasteiger partial charge < -0.3 is 0 Å². The Balaban J connectivity index is 1.47. The SMILES string of the molecule is CCCCCCCCCCCCSC1(n2nc(C)cc2C)N=Nc2nncn2N1. The lowest BCUT2D eigenvalue weighted by Crippen LogP contribution is -2.44. The van der Waals surface area contributed by atoms with Crippen LogP contribution in [0, 0.1) is 13.8 Å². The third-order valence-electron chi connectivity index (χ3n) is 5.17. The molecule has 9 heteroatoms. The molecule has 0 fully saturated rings. The number of aromatic nitrogens is 5. The van der Waals surface area contributed by atoms with Gasteiger partial charge in [0.2, 0.25) is 0 Å². The maximum absolute atomic E-state index is 4.66. The molecule has 1 atom stereocenters. The summed E-state index contributed by atoms with van der Waals surface area (Å²) in [6.45, 7) is 6.31. The molecule has 1 N–H and O–H groups in total. The van der Waals surface area contributed by atoms with Gasteiger partial charge in [0, 0.05) is 5.69 Å². The molecule has 160 valence electrons. The average molecular weight is 419 g/mol. The van der Waals surface area contributed by atoms with Crippen LogP contribution < -0.4 is 5.43 Å². The number of hydrogen-bond acceptors (Lipinski definition) is 7. The Kier molecular flexibility index (Phi) is 8.09. The van der Waals surface area contributed by atoms with Crippen LogP contribution in [0.3, 0.4) is 0 Å². The summed E-state index contributed by atoms with van der Waals surface area (Å²) in [6.07, 6.45) is 15.0. The third kappa shape index (κ3) is 5.81. The van der Waals surface area contributed by atoms with Gasteiger partial charge in [-0.15, -0.1) is 20.4 Å².